The van der Waals surface area contributed by atoms with Gasteiger partial charge in [0.2, 0.25) is 0 Å². The van der Waals surface area contributed by atoms with Gasteiger partial charge in [-0.3, -0.25) is 4.98 Å². The summed E-state index contributed by atoms with van der Waals surface area (Å²) in [6, 6.07) is 3.48. The second-order valence-electron chi connectivity index (χ2n) is 2.94. The quantitative estimate of drug-likeness (QED) is 0.777. The summed E-state index contributed by atoms with van der Waals surface area (Å²) in [7, 11) is 0. The van der Waals surface area contributed by atoms with Crippen LogP contribution in [0.3, 0.4) is 0 Å². The number of aromatic carboxylic acids is 1. The van der Waals surface area contributed by atoms with E-state index in [1.807, 2.05) is 0 Å². The standard InChI is InChI=1S/C9H8N4O2/c1-6-8(9(14)15)12-13(11-6)7-3-2-4-10-5-7/h2-5H,1H3,(H,14,15). The Morgan fingerprint density at radius 2 is 2.27 bits per heavy atom. The van der Waals surface area contributed by atoms with E-state index in [4.69, 9.17) is 5.11 Å². The molecule has 0 fully saturated rings. The monoisotopic (exact) mass is 204 g/mol. The number of hydrogen-bond acceptors (Lipinski definition) is 4. The Hall–Kier alpha value is -2.24. The number of carboxylic acids is 1. The molecule has 0 aliphatic rings. The molecule has 0 aliphatic heterocycles. The predicted octanol–water partition coefficient (Wildman–Crippen LogP) is 0.669. The Kier molecular flexibility index (Phi) is 2.17. The smallest absolute Gasteiger partial charge is 0.358 e. The Bertz CT molecular complexity index is 492. The highest BCUT2D eigenvalue weighted by Crippen LogP contribution is 2.06. The maximum absolute atomic E-state index is 10.7. The molecule has 0 amide bonds. The van der Waals surface area contributed by atoms with Gasteiger partial charge in [0.05, 0.1) is 11.9 Å². The van der Waals surface area contributed by atoms with E-state index in [1.54, 1.807) is 31.5 Å². The van der Waals surface area contributed by atoms with Gasteiger partial charge in [0.25, 0.3) is 0 Å². The summed E-state index contributed by atoms with van der Waals surface area (Å²) < 4.78 is 0. The minimum Gasteiger partial charge on any atom is -0.476 e. The summed E-state index contributed by atoms with van der Waals surface area (Å²) in [4.78, 5) is 15.9. The zero-order valence-corrected chi connectivity index (χ0v) is 7.95. The Labute approximate surface area is 85.2 Å². The molecule has 0 bridgehead atoms. The SMILES string of the molecule is Cc1nn(-c2cccnc2)nc1C(=O)O. The zero-order chi connectivity index (χ0) is 10.8. The average molecular weight is 204 g/mol. The lowest BCUT2D eigenvalue weighted by Crippen LogP contribution is -2.02. The molecule has 2 aromatic rings. The lowest BCUT2D eigenvalue weighted by Gasteiger charge is -1.95. The number of carboxylic acid groups (broad SMARTS) is 1. The number of carbonyl (C=O) groups is 1. The maximum Gasteiger partial charge on any atom is 0.358 e. The summed E-state index contributed by atoms with van der Waals surface area (Å²) in [6.45, 7) is 1.60. The first-order valence-corrected chi connectivity index (χ1v) is 4.26. The van der Waals surface area contributed by atoms with Gasteiger partial charge in [0.1, 0.15) is 5.69 Å². The highest BCUT2D eigenvalue weighted by molar-refractivity contribution is 5.86. The molecule has 0 spiro atoms. The van der Waals surface area contributed by atoms with Crippen LogP contribution in [0.25, 0.3) is 5.69 Å². The van der Waals surface area contributed by atoms with Crippen molar-refractivity contribution in [3.8, 4) is 5.69 Å². The second kappa shape index (κ2) is 3.49. The summed E-state index contributed by atoms with van der Waals surface area (Å²) in [5.41, 5.74) is 0.971. The van der Waals surface area contributed by atoms with Crippen LogP contribution in [0.15, 0.2) is 24.5 Å². The third-order valence-corrected chi connectivity index (χ3v) is 1.86. The average Bonchev–Trinajstić information content (AvgIpc) is 2.62. The molecule has 15 heavy (non-hydrogen) atoms. The van der Waals surface area contributed by atoms with Crippen molar-refractivity contribution >= 4 is 5.97 Å². The van der Waals surface area contributed by atoms with Crippen LogP contribution in [0.2, 0.25) is 0 Å². The van der Waals surface area contributed by atoms with Gasteiger partial charge in [-0.25, -0.2) is 4.79 Å². The summed E-state index contributed by atoms with van der Waals surface area (Å²) >= 11 is 0. The van der Waals surface area contributed by atoms with Crippen LogP contribution in [0.5, 0.6) is 0 Å². The van der Waals surface area contributed by atoms with E-state index < -0.39 is 5.97 Å². The molecule has 2 rings (SSSR count). The number of hydrogen-bond donors (Lipinski definition) is 1. The second-order valence-corrected chi connectivity index (χ2v) is 2.94. The molecule has 2 aromatic heterocycles. The van der Waals surface area contributed by atoms with Crippen LogP contribution in [-0.2, 0) is 0 Å². The van der Waals surface area contributed by atoms with Gasteiger partial charge in [0.15, 0.2) is 5.69 Å². The Morgan fingerprint density at radius 1 is 1.47 bits per heavy atom. The first-order chi connectivity index (χ1) is 7.18. The van der Waals surface area contributed by atoms with Crippen LogP contribution in [0.4, 0.5) is 0 Å². The molecule has 2 heterocycles. The van der Waals surface area contributed by atoms with Gasteiger partial charge in [-0.2, -0.15) is 5.10 Å². The number of aromatic nitrogens is 4. The van der Waals surface area contributed by atoms with Gasteiger partial charge in [0, 0.05) is 6.20 Å². The fraction of sp³-hybridized carbons (Fsp3) is 0.111. The fourth-order valence-corrected chi connectivity index (χ4v) is 1.16. The molecular formula is C9H8N4O2. The molecule has 1 N–H and O–H groups in total. The van der Waals surface area contributed by atoms with Crippen molar-refractivity contribution < 1.29 is 9.90 Å². The van der Waals surface area contributed by atoms with E-state index in [0.29, 0.717) is 11.4 Å². The van der Waals surface area contributed by atoms with Gasteiger partial charge in [-0.15, -0.1) is 9.90 Å². The van der Waals surface area contributed by atoms with E-state index in [2.05, 4.69) is 15.2 Å². The minimum absolute atomic E-state index is 0.0427. The van der Waals surface area contributed by atoms with Crippen LogP contribution in [-0.4, -0.2) is 31.1 Å². The molecule has 0 aromatic carbocycles. The first kappa shape index (κ1) is 9.32. The lowest BCUT2D eigenvalue weighted by molar-refractivity contribution is 0.0689. The molecular weight excluding hydrogens is 196 g/mol. The number of rotatable bonds is 2. The van der Waals surface area contributed by atoms with Crippen molar-refractivity contribution in [3.63, 3.8) is 0 Å². The summed E-state index contributed by atoms with van der Waals surface area (Å²) in [6.07, 6.45) is 3.18. The van der Waals surface area contributed by atoms with Crippen molar-refractivity contribution in [2.75, 3.05) is 0 Å². The Balaban J connectivity index is 2.48. The molecule has 0 saturated carbocycles. The van der Waals surface area contributed by atoms with E-state index in [9.17, 15) is 4.79 Å². The van der Waals surface area contributed by atoms with Crippen LogP contribution < -0.4 is 0 Å². The molecule has 0 aliphatic carbocycles. The van der Waals surface area contributed by atoms with Crippen molar-refractivity contribution in [1.29, 1.82) is 0 Å². The third kappa shape index (κ3) is 1.69. The molecule has 0 saturated heterocycles. The zero-order valence-electron chi connectivity index (χ0n) is 7.95. The van der Waals surface area contributed by atoms with Gasteiger partial charge in [-0.05, 0) is 19.1 Å². The fourth-order valence-electron chi connectivity index (χ4n) is 1.16. The van der Waals surface area contributed by atoms with E-state index in [1.165, 1.54) is 4.80 Å². The minimum atomic E-state index is -1.08. The topological polar surface area (TPSA) is 80.9 Å². The van der Waals surface area contributed by atoms with Crippen LogP contribution in [0.1, 0.15) is 16.2 Å². The van der Waals surface area contributed by atoms with Crippen molar-refractivity contribution in [1.82, 2.24) is 20.0 Å². The van der Waals surface area contributed by atoms with Crippen LogP contribution in [0, 0.1) is 6.92 Å². The van der Waals surface area contributed by atoms with E-state index in [-0.39, 0.29) is 5.69 Å². The highest BCUT2D eigenvalue weighted by Gasteiger charge is 2.14. The van der Waals surface area contributed by atoms with Gasteiger partial charge in [-0.1, -0.05) is 0 Å². The van der Waals surface area contributed by atoms with Crippen molar-refractivity contribution in [2.45, 2.75) is 6.92 Å². The maximum atomic E-state index is 10.7. The third-order valence-electron chi connectivity index (χ3n) is 1.86. The molecule has 0 unspecified atom stereocenters. The largest absolute Gasteiger partial charge is 0.476 e. The summed E-state index contributed by atoms with van der Waals surface area (Å²) in [5.74, 6) is -1.08. The number of aryl methyl sites for hydroxylation is 1. The van der Waals surface area contributed by atoms with E-state index >= 15 is 0 Å². The molecule has 0 radical (unpaired) electrons. The number of nitrogens with zero attached hydrogens (tertiary/aromatic N) is 4. The van der Waals surface area contributed by atoms with Crippen molar-refractivity contribution in [3.05, 3.63) is 35.9 Å². The molecule has 0 atom stereocenters. The lowest BCUT2D eigenvalue weighted by atomic mass is 10.4. The normalized spacial score (nSPS) is 10.2. The highest BCUT2D eigenvalue weighted by atomic mass is 16.4. The number of pyridine rings is 1. The van der Waals surface area contributed by atoms with Gasteiger partial charge < -0.3 is 5.11 Å². The van der Waals surface area contributed by atoms with Crippen molar-refractivity contribution in [2.24, 2.45) is 0 Å². The van der Waals surface area contributed by atoms with E-state index in [0.717, 1.165) is 0 Å². The molecule has 6 heteroatoms. The van der Waals surface area contributed by atoms with Gasteiger partial charge >= 0.3 is 5.97 Å². The predicted molar refractivity (Wildman–Crippen MR) is 50.9 cm³/mol. The Morgan fingerprint density at radius 3 is 2.80 bits per heavy atom. The molecule has 6 nitrogen and oxygen atoms in total. The first-order valence-electron chi connectivity index (χ1n) is 4.26. The van der Waals surface area contributed by atoms with Crippen LogP contribution >= 0.6 is 0 Å². The molecule has 76 valence electrons. The summed E-state index contributed by atoms with van der Waals surface area (Å²) in [5, 5.41) is 16.6.